The average Bonchev–Trinajstić information content (AvgIpc) is 2.38. The van der Waals surface area contributed by atoms with Gasteiger partial charge in [0, 0.05) is 50.3 Å². The van der Waals surface area contributed by atoms with Crippen LogP contribution in [-0.4, -0.2) is 85.8 Å². The molecular formula is C14H29IN4OS. The number of hydrogen-bond acceptors (Lipinski definition) is 4. The first-order chi connectivity index (χ1) is 9.50. The lowest BCUT2D eigenvalue weighted by atomic mass is 10.2. The van der Waals surface area contributed by atoms with Crippen molar-refractivity contribution in [2.75, 3.05) is 59.2 Å². The van der Waals surface area contributed by atoms with Crippen molar-refractivity contribution in [2.24, 2.45) is 4.99 Å². The highest BCUT2D eigenvalue weighted by Crippen LogP contribution is 2.29. The van der Waals surface area contributed by atoms with E-state index in [9.17, 15) is 0 Å². The maximum Gasteiger partial charge on any atom is 0.193 e. The van der Waals surface area contributed by atoms with E-state index in [2.05, 4.69) is 41.0 Å². The van der Waals surface area contributed by atoms with Crippen molar-refractivity contribution < 1.29 is 4.74 Å². The van der Waals surface area contributed by atoms with Crippen molar-refractivity contribution in [1.29, 1.82) is 0 Å². The summed E-state index contributed by atoms with van der Waals surface area (Å²) in [5.74, 6) is 2.17. The third-order valence-corrected chi connectivity index (χ3v) is 5.06. The lowest BCUT2D eigenvalue weighted by Gasteiger charge is -2.39. The van der Waals surface area contributed by atoms with Gasteiger partial charge in [-0.2, -0.15) is 11.8 Å². The Morgan fingerprint density at radius 1 is 1.43 bits per heavy atom. The van der Waals surface area contributed by atoms with Gasteiger partial charge in [-0.3, -0.25) is 4.99 Å². The molecule has 0 aromatic carbocycles. The molecule has 0 aromatic rings. The number of rotatable bonds is 2. The van der Waals surface area contributed by atoms with Crippen LogP contribution in [0.15, 0.2) is 4.99 Å². The second-order valence-corrected chi connectivity index (χ2v) is 8.01. The average molecular weight is 428 g/mol. The summed E-state index contributed by atoms with van der Waals surface area (Å²) in [4.78, 5) is 9.12. The van der Waals surface area contributed by atoms with Crippen LogP contribution in [0, 0.1) is 0 Å². The Hall–Kier alpha value is 0.270. The molecule has 1 unspecified atom stereocenters. The zero-order chi connectivity index (χ0) is 14.6. The Bertz CT molecular complexity index is 354. The summed E-state index contributed by atoms with van der Waals surface area (Å²) in [6.45, 7) is 10.4. The van der Waals surface area contributed by atoms with E-state index in [4.69, 9.17) is 4.74 Å². The lowest BCUT2D eigenvalue weighted by Crippen LogP contribution is -2.53. The number of nitrogens with one attached hydrogen (secondary N) is 1. The predicted molar refractivity (Wildman–Crippen MR) is 102 cm³/mol. The number of nitrogens with zero attached hydrogens (tertiary/aromatic N) is 3. The Morgan fingerprint density at radius 3 is 2.81 bits per heavy atom. The number of morpholine rings is 1. The minimum atomic E-state index is 0. The van der Waals surface area contributed by atoms with Crippen LogP contribution in [0.25, 0.3) is 0 Å². The van der Waals surface area contributed by atoms with E-state index in [1.54, 1.807) is 0 Å². The maximum absolute atomic E-state index is 5.79. The van der Waals surface area contributed by atoms with Gasteiger partial charge in [0.2, 0.25) is 0 Å². The minimum Gasteiger partial charge on any atom is -0.374 e. The van der Waals surface area contributed by atoms with Crippen LogP contribution < -0.4 is 5.32 Å². The van der Waals surface area contributed by atoms with Gasteiger partial charge in [-0.25, -0.2) is 0 Å². The first-order valence-electron chi connectivity index (χ1n) is 7.40. The van der Waals surface area contributed by atoms with Gasteiger partial charge >= 0.3 is 0 Å². The normalized spacial score (nSPS) is 27.1. The van der Waals surface area contributed by atoms with Crippen molar-refractivity contribution in [3.63, 3.8) is 0 Å². The zero-order valence-electron chi connectivity index (χ0n) is 13.6. The number of guanidine groups is 1. The first-order valence-corrected chi connectivity index (χ1v) is 8.38. The van der Waals surface area contributed by atoms with Crippen LogP contribution in [-0.2, 0) is 4.74 Å². The van der Waals surface area contributed by atoms with Crippen molar-refractivity contribution >= 4 is 41.7 Å². The minimum absolute atomic E-state index is 0. The summed E-state index contributed by atoms with van der Waals surface area (Å²) in [7, 11) is 4.01. The highest BCUT2D eigenvalue weighted by atomic mass is 127. The molecule has 0 spiro atoms. The summed E-state index contributed by atoms with van der Waals surface area (Å²) < 4.78 is 6.09. The summed E-state index contributed by atoms with van der Waals surface area (Å²) in [6.07, 6.45) is 0.262. The van der Waals surface area contributed by atoms with Crippen LogP contribution >= 0.6 is 35.7 Å². The standard InChI is InChI=1S/C14H28N4OS.HI/c1-14(2)11-18(6-8-20-14)13(15-3)16-9-12-10-17(4)5-7-19-12;/h12H,5-11H2,1-4H3,(H,15,16);1H. The summed E-state index contributed by atoms with van der Waals surface area (Å²) in [5, 5.41) is 3.48. The number of halogens is 1. The Kier molecular flexibility index (Phi) is 8.08. The molecule has 1 atom stereocenters. The summed E-state index contributed by atoms with van der Waals surface area (Å²) >= 11 is 2.04. The number of likely N-dealkylation sites (N-methyl/N-ethyl adjacent to an activating group) is 1. The molecule has 5 nitrogen and oxygen atoms in total. The SMILES string of the molecule is CN=C(NCC1CN(C)CCO1)N1CCSC(C)(C)C1.I. The fraction of sp³-hybridized carbons (Fsp3) is 0.929. The van der Waals surface area contributed by atoms with E-state index in [0.717, 1.165) is 51.0 Å². The van der Waals surface area contributed by atoms with Gasteiger partial charge in [-0.1, -0.05) is 0 Å². The van der Waals surface area contributed by atoms with E-state index < -0.39 is 0 Å². The Labute approximate surface area is 150 Å². The van der Waals surface area contributed by atoms with E-state index in [1.807, 2.05) is 18.8 Å². The monoisotopic (exact) mass is 428 g/mol. The molecule has 0 aliphatic carbocycles. The zero-order valence-corrected chi connectivity index (χ0v) is 16.7. The van der Waals surface area contributed by atoms with Gasteiger partial charge in [0.15, 0.2) is 5.96 Å². The molecule has 0 radical (unpaired) electrons. The van der Waals surface area contributed by atoms with Gasteiger partial charge in [-0.05, 0) is 20.9 Å². The molecule has 124 valence electrons. The molecule has 0 amide bonds. The fourth-order valence-electron chi connectivity index (χ4n) is 2.72. The van der Waals surface area contributed by atoms with Crippen LogP contribution in [0.4, 0.5) is 0 Å². The number of hydrogen-bond donors (Lipinski definition) is 1. The summed E-state index contributed by atoms with van der Waals surface area (Å²) in [6, 6.07) is 0. The van der Waals surface area contributed by atoms with Crippen molar-refractivity contribution in [2.45, 2.75) is 24.7 Å². The largest absolute Gasteiger partial charge is 0.374 e. The van der Waals surface area contributed by atoms with Crippen LogP contribution in [0.1, 0.15) is 13.8 Å². The third kappa shape index (κ3) is 6.11. The quantitative estimate of drug-likeness (QED) is 0.409. The molecule has 0 saturated carbocycles. The molecule has 1 N–H and O–H groups in total. The van der Waals surface area contributed by atoms with Crippen LogP contribution in [0.2, 0.25) is 0 Å². The van der Waals surface area contributed by atoms with E-state index >= 15 is 0 Å². The molecule has 0 bridgehead atoms. The molecule has 2 fully saturated rings. The summed E-state index contributed by atoms with van der Waals surface area (Å²) in [5.41, 5.74) is 0. The molecule has 2 saturated heterocycles. The fourth-order valence-corrected chi connectivity index (χ4v) is 3.84. The van der Waals surface area contributed by atoms with Crippen LogP contribution in [0.5, 0.6) is 0 Å². The number of ether oxygens (including phenoxy) is 1. The van der Waals surface area contributed by atoms with E-state index in [-0.39, 0.29) is 30.1 Å². The van der Waals surface area contributed by atoms with Gasteiger partial charge in [0.25, 0.3) is 0 Å². The van der Waals surface area contributed by atoms with Crippen molar-refractivity contribution in [3.8, 4) is 0 Å². The second-order valence-electron chi connectivity index (χ2n) is 6.21. The molecule has 7 heteroatoms. The number of aliphatic imine (C=N–C) groups is 1. The molecular weight excluding hydrogens is 399 g/mol. The lowest BCUT2D eigenvalue weighted by molar-refractivity contribution is -0.0163. The smallest absolute Gasteiger partial charge is 0.193 e. The Balaban J connectivity index is 0.00000220. The topological polar surface area (TPSA) is 40.1 Å². The van der Waals surface area contributed by atoms with Crippen molar-refractivity contribution in [3.05, 3.63) is 0 Å². The first kappa shape index (κ1) is 19.3. The maximum atomic E-state index is 5.79. The van der Waals surface area contributed by atoms with Gasteiger partial charge in [0.1, 0.15) is 0 Å². The third-order valence-electron chi connectivity index (χ3n) is 3.77. The second kappa shape index (κ2) is 8.79. The predicted octanol–water partition coefficient (Wildman–Crippen LogP) is 1.34. The van der Waals surface area contributed by atoms with Crippen LogP contribution in [0.3, 0.4) is 0 Å². The Morgan fingerprint density at radius 2 is 2.19 bits per heavy atom. The molecule has 2 aliphatic rings. The molecule has 2 aliphatic heterocycles. The molecule has 2 heterocycles. The van der Waals surface area contributed by atoms with Gasteiger partial charge in [0.05, 0.1) is 12.7 Å². The molecule has 0 aromatic heterocycles. The molecule has 21 heavy (non-hydrogen) atoms. The van der Waals surface area contributed by atoms with E-state index in [1.165, 1.54) is 0 Å². The number of thioether (sulfide) groups is 1. The van der Waals surface area contributed by atoms with Crippen molar-refractivity contribution in [1.82, 2.24) is 15.1 Å². The van der Waals surface area contributed by atoms with Gasteiger partial charge in [-0.15, -0.1) is 24.0 Å². The van der Waals surface area contributed by atoms with E-state index in [0.29, 0.717) is 4.75 Å². The highest BCUT2D eigenvalue weighted by molar-refractivity contribution is 14.0. The molecule has 2 rings (SSSR count). The van der Waals surface area contributed by atoms with Gasteiger partial charge < -0.3 is 19.9 Å². The highest BCUT2D eigenvalue weighted by Gasteiger charge is 2.29.